The number of hydrogen-bond acceptors (Lipinski definition) is 6. The topological polar surface area (TPSA) is 77.3 Å². The summed E-state index contributed by atoms with van der Waals surface area (Å²) in [6, 6.07) is 5.76. The van der Waals surface area contributed by atoms with Gasteiger partial charge in [0.25, 0.3) is 0 Å². The lowest BCUT2D eigenvalue weighted by Crippen LogP contribution is -2.49. The average Bonchev–Trinajstić information content (AvgIpc) is 2.55. The molecule has 0 bridgehead atoms. The molecule has 0 unspecified atom stereocenters. The molecule has 0 aromatic carbocycles. The molecular weight excluding hydrogens is 312 g/mol. The van der Waals surface area contributed by atoms with Gasteiger partial charge >= 0.3 is 0 Å². The lowest BCUT2D eigenvalue weighted by atomic mass is 10.0. The van der Waals surface area contributed by atoms with Crippen LogP contribution < -0.4 is 4.90 Å². The Balaban J connectivity index is 1.51. The second kappa shape index (κ2) is 6.85. The number of rotatable bonds is 3. The highest BCUT2D eigenvalue weighted by molar-refractivity contribution is 7.91. The van der Waals surface area contributed by atoms with Crippen LogP contribution >= 0.6 is 0 Å². The van der Waals surface area contributed by atoms with E-state index in [1.807, 2.05) is 6.07 Å². The smallest absolute Gasteiger partial charge is 0.150 e. The van der Waals surface area contributed by atoms with Crippen molar-refractivity contribution in [2.24, 2.45) is 5.92 Å². The maximum atomic E-state index is 11.7. The van der Waals surface area contributed by atoms with Gasteiger partial charge in [-0.25, -0.2) is 13.4 Å². The molecule has 0 aliphatic carbocycles. The Morgan fingerprint density at radius 2 is 2.04 bits per heavy atom. The Bertz CT molecular complexity index is 673. The van der Waals surface area contributed by atoms with E-state index in [1.165, 1.54) is 0 Å². The van der Waals surface area contributed by atoms with Crippen molar-refractivity contribution in [2.75, 3.05) is 49.1 Å². The van der Waals surface area contributed by atoms with Crippen molar-refractivity contribution >= 4 is 15.7 Å². The van der Waals surface area contributed by atoms with Gasteiger partial charge in [0.05, 0.1) is 17.1 Å². The van der Waals surface area contributed by atoms with Crippen molar-refractivity contribution in [3.63, 3.8) is 0 Å². The molecule has 0 saturated carbocycles. The zero-order chi connectivity index (χ0) is 16.3. The van der Waals surface area contributed by atoms with Crippen molar-refractivity contribution in [1.29, 1.82) is 5.26 Å². The van der Waals surface area contributed by atoms with Crippen LogP contribution in [0, 0.1) is 17.2 Å². The Morgan fingerprint density at radius 3 is 2.65 bits per heavy atom. The molecule has 2 saturated heterocycles. The van der Waals surface area contributed by atoms with Crippen LogP contribution in [0.4, 0.5) is 5.82 Å². The largest absolute Gasteiger partial charge is 0.354 e. The van der Waals surface area contributed by atoms with Gasteiger partial charge in [-0.2, -0.15) is 5.26 Å². The predicted octanol–water partition coefficient (Wildman–Crippen LogP) is 0.900. The molecule has 3 heterocycles. The molecule has 2 aliphatic heterocycles. The van der Waals surface area contributed by atoms with Crippen LogP contribution in [0.5, 0.6) is 0 Å². The molecule has 2 aliphatic rings. The van der Waals surface area contributed by atoms with Gasteiger partial charge in [-0.3, -0.25) is 4.90 Å². The van der Waals surface area contributed by atoms with E-state index in [0.29, 0.717) is 17.1 Å². The number of aromatic nitrogens is 1. The van der Waals surface area contributed by atoms with E-state index in [0.717, 1.165) is 51.4 Å². The number of nitrogens with zero attached hydrogens (tertiary/aromatic N) is 4. The fraction of sp³-hybridized carbons (Fsp3) is 0.625. The summed E-state index contributed by atoms with van der Waals surface area (Å²) >= 11 is 0. The number of piperazine rings is 1. The first-order valence-electron chi connectivity index (χ1n) is 8.09. The minimum Gasteiger partial charge on any atom is -0.354 e. The van der Waals surface area contributed by atoms with Gasteiger partial charge in [-0.1, -0.05) is 0 Å². The SMILES string of the molecule is N#Cc1ccc(N2CCN(C[C@H]3CCCS(=O)(=O)C3)CC2)nc1. The molecule has 1 aromatic rings. The summed E-state index contributed by atoms with van der Waals surface area (Å²) in [4.78, 5) is 8.92. The minimum absolute atomic E-state index is 0.285. The van der Waals surface area contributed by atoms with Crippen LogP contribution in [0.1, 0.15) is 18.4 Å². The first-order valence-corrected chi connectivity index (χ1v) is 9.92. The Labute approximate surface area is 137 Å². The number of sulfone groups is 1. The zero-order valence-electron chi connectivity index (χ0n) is 13.2. The van der Waals surface area contributed by atoms with Crippen LogP contribution in [-0.4, -0.2) is 62.5 Å². The maximum Gasteiger partial charge on any atom is 0.150 e. The third-order valence-corrected chi connectivity index (χ3v) is 6.54. The summed E-state index contributed by atoms with van der Waals surface area (Å²) < 4.78 is 23.5. The van der Waals surface area contributed by atoms with Gasteiger partial charge in [0.2, 0.25) is 0 Å². The summed E-state index contributed by atoms with van der Waals surface area (Å²) in [5, 5.41) is 8.81. The van der Waals surface area contributed by atoms with Gasteiger partial charge in [-0.15, -0.1) is 0 Å². The first-order chi connectivity index (χ1) is 11.1. The van der Waals surface area contributed by atoms with E-state index in [4.69, 9.17) is 5.26 Å². The average molecular weight is 334 g/mol. The van der Waals surface area contributed by atoms with Crippen molar-refractivity contribution < 1.29 is 8.42 Å². The fourth-order valence-electron chi connectivity index (χ4n) is 3.43. The molecule has 3 rings (SSSR count). The maximum absolute atomic E-state index is 11.7. The quantitative estimate of drug-likeness (QED) is 0.817. The molecular formula is C16H22N4O2S. The molecule has 0 amide bonds. The van der Waals surface area contributed by atoms with Gasteiger partial charge < -0.3 is 4.90 Å². The monoisotopic (exact) mass is 334 g/mol. The van der Waals surface area contributed by atoms with Gasteiger partial charge in [0, 0.05) is 38.9 Å². The Kier molecular flexibility index (Phi) is 4.83. The number of pyridine rings is 1. The highest BCUT2D eigenvalue weighted by atomic mass is 32.2. The summed E-state index contributed by atoms with van der Waals surface area (Å²) in [5.74, 6) is 1.91. The van der Waals surface area contributed by atoms with Crippen LogP contribution in [0.2, 0.25) is 0 Å². The molecule has 0 radical (unpaired) electrons. The van der Waals surface area contributed by atoms with E-state index < -0.39 is 9.84 Å². The first kappa shape index (κ1) is 16.2. The predicted molar refractivity (Wildman–Crippen MR) is 89.0 cm³/mol. The molecule has 2 fully saturated rings. The third kappa shape index (κ3) is 4.21. The van der Waals surface area contributed by atoms with Gasteiger partial charge in [0.1, 0.15) is 11.9 Å². The van der Waals surface area contributed by atoms with E-state index in [2.05, 4.69) is 20.9 Å². The van der Waals surface area contributed by atoms with Crippen LogP contribution in [-0.2, 0) is 9.84 Å². The highest BCUT2D eigenvalue weighted by Gasteiger charge is 2.27. The van der Waals surface area contributed by atoms with Crippen molar-refractivity contribution in [2.45, 2.75) is 12.8 Å². The summed E-state index contributed by atoms with van der Waals surface area (Å²) in [5.41, 5.74) is 0.575. The molecule has 1 atom stereocenters. The standard InChI is InChI=1S/C16H22N4O2S/c17-10-14-3-4-16(18-11-14)20-7-5-19(6-8-20)12-15-2-1-9-23(21,22)13-15/h3-4,11,15H,1-2,5-9,12-13H2/t15-/m1/s1. The van der Waals surface area contributed by atoms with Gasteiger partial charge in [0.15, 0.2) is 9.84 Å². The van der Waals surface area contributed by atoms with Crippen LogP contribution in [0.25, 0.3) is 0 Å². The second-order valence-corrected chi connectivity index (χ2v) is 8.66. The molecule has 0 N–H and O–H groups in total. The van der Waals surface area contributed by atoms with Crippen LogP contribution in [0.3, 0.4) is 0 Å². The Morgan fingerprint density at radius 1 is 1.26 bits per heavy atom. The van der Waals surface area contributed by atoms with Crippen molar-refractivity contribution in [3.05, 3.63) is 23.9 Å². The number of hydrogen-bond donors (Lipinski definition) is 0. The van der Waals surface area contributed by atoms with Gasteiger partial charge in [-0.05, 0) is 30.9 Å². The molecule has 124 valence electrons. The summed E-state index contributed by atoms with van der Waals surface area (Å²) in [7, 11) is -2.82. The fourth-order valence-corrected chi connectivity index (χ4v) is 5.19. The third-order valence-electron chi connectivity index (χ3n) is 4.65. The molecule has 1 aromatic heterocycles. The van der Waals surface area contributed by atoms with Crippen molar-refractivity contribution in [3.8, 4) is 6.07 Å². The van der Waals surface area contributed by atoms with E-state index >= 15 is 0 Å². The van der Waals surface area contributed by atoms with E-state index in [-0.39, 0.29) is 5.92 Å². The second-order valence-electron chi connectivity index (χ2n) is 6.43. The molecule has 7 heteroatoms. The lowest BCUT2D eigenvalue weighted by molar-refractivity contribution is 0.218. The zero-order valence-corrected chi connectivity index (χ0v) is 14.0. The molecule has 0 spiro atoms. The Hall–Kier alpha value is -1.65. The van der Waals surface area contributed by atoms with Crippen LogP contribution in [0.15, 0.2) is 18.3 Å². The number of nitriles is 1. The normalized spacial score (nSPS) is 25.0. The highest BCUT2D eigenvalue weighted by Crippen LogP contribution is 2.21. The van der Waals surface area contributed by atoms with E-state index in [9.17, 15) is 8.42 Å². The minimum atomic E-state index is -2.82. The lowest BCUT2D eigenvalue weighted by Gasteiger charge is -2.37. The summed E-state index contributed by atoms with van der Waals surface area (Å²) in [6.07, 6.45) is 3.44. The molecule has 23 heavy (non-hydrogen) atoms. The van der Waals surface area contributed by atoms with E-state index in [1.54, 1.807) is 12.3 Å². The van der Waals surface area contributed by atoms with Crippen molar-refractivity contribution in [1.82, 2.24) is 9.88 Å². The molecule has 6 nitrogen and oxygen atoms in total. The summed E-state index contributed by atoms with van der Waals surface area (Å²) in [6.45, 7) is 4.51. The number of anilines is 1.